The zero-order chi connectivity index (χ0) is 25.8. The lowest BCUT2D eigenvalue weighted by Gasteiger charge is -2.26. The fourth-order valence-electron chi connectivity index (χ4n) is 3.97. The van der Waals surface area contributed by atoms with E-state index >= 15 is 0 Å². The third-order valence-electron chi connectivity index (χ3n) is 5.80. The highest BCUT2D eigenvalue weighted by molar-refractivity contribution is 7.92. The van der Waals surface area contributed by atoms with Crippen LogP contribution in [-0.2, 0) is 14.8 Å². The van der Waals surface area contributed by atoms with Gasteiger partial charge in [0.15, 0.2) is 0 Å². The van der Waals surface area contributed by atoms with Gasteiger partial charge in [0.1, 0.15) is 12.3 Å². The maximum Gasteiger partial charge on any atom is 0.264 e. The Labute approximate surface area is 212 Å². The second kappa shape index (κ2) is 11.1. The summed E-state index contributed by atoms with van der Waals surface area (Å²) >= 11 is 6.14. The number of aryl methyl sites for hydroxylation is 1. The maximum atomic E-state index is 13.5. The molecule has 0 saturated heterocycles. The van der Waals surface area contributed by atoms with Crippen LogP contribution in [0.1, 0.15) is 49.4 Å². The van der Waals surface area contributed by atoms with Gasteiger partial charge < -0.3 is 10.1 Å². The van der Waals surface area contributed by atoms with Crippen LogP contribution in [-0.4, -0.2) is 28.0 Å². The molecule has 0 aliphatic carbocycles. The number of benzene rings is 3. The molecule has 0 bridgehead atoms. The molecule has 1 amide bonds. The van der Waals surface area contributed by atoms with Crippen LogP contribution in [0.5, 0.6) is 5.75 Å². The largest absolute Gasteiger partial charge is 0.496 e. The van der Waals surface area contributed by atoms with Gasteiger partial charge in [-0.05, 0) is 78.9 Å². The van der Waals surface area contributed by atoms with E-state index in [0.29, 0.717) is 10.7 Å². The van der Waals surface area contributed by atoms with Crippen LogP contribution in [0.3, 0.4) is 0 Å². The molecular formula is C27H31ClN2O4S. The van der Waals surface area contributed by atoms with Crippen LogP contribution in [0, 0.1) is 6.92 Å². The SMILES string of the molecule is COc1cc(C)c([C@H](C)NC(=O)CN(c2cccc(Cl)c2)S(=O)(=O)c2ccccc2)cc1C(C)C. The predicted molar refractivity (Wildman–Crippen MR) is 141 cm³/mol. The van der Waals surface area contributed by atoms with E-state index in [2.05, 4.69) is 19.2 Å². The van der Waals surface area contributed by atoms with Crippen LogP contribution in [0.2, 0.25) is 5.02 Å². The summed E-state index contributed by atoms with van der Waals surface area (Å²) in [6, 6.07) is 18.1. The second-order valence-electron chi connectivity index (χ2n) is 8.70. The average molecular weight is 515 g/mol. The van der Waals surface area contributed by atoms with E-state index in [9.17, 15) is 13.2 Å². The molecule has 0 fully saturated rings. The van der Waals surface area contributed by atoms with E-state index < -0.39 is 22.5 Å². The van der Waals surface area contributed by atoms with Crippen LogP contribution in [0.4, 0.5) is 5.69 Å². The lowest BCUT2D eigenvalue weighted by atomic mass is 9.93. The third kappa shape index (κ3) is 6.16. The molecule has 1 N–H and O–H groups in total. The Morgan fingerprint density at radius 2 is 1.69 bits per heavy atom. The molecule has 3 rings (SSSR count). The summed E-state index contributed by atoms with van der Waals surface area (Å²) in [6.45, 7) is 7.61. The van der Waals surface area contributed by atoms with Gasteiger partial charge >= 0.3 is 0 Å². The maximum absolute atomic E-state index is 13.5. The van der Waals surface area contributed by atoms with Crippen LogP contribution in [0.25, 0.3) is 0 Å². The Hall–Kier alpha value is -3.03. The number of carbonyl (C=O) groups is 1. The topological polar surface area (TPSA) is 75.7 Å². The van der Waals surface area contributed by atoms with E-state index in [4.69, 9.17) is 16.3 Å². The molecule has 186 valence electrons. The van der Waals surface area contributed by atoms with Crippen molar-refractivity contribution in [2.45, 2.75) is 44.6 Å². The number of methoxy groups -OCH3 is 1. The average Bonchev–Trinajstić information content (AvgIpc) is 2.82. The fourth-order valence-corrected chi connectivity index (χ4v) is 5.59. The molecule has 0 saturated carbocycles. The van der Waals surface area contributed by atoms with Crippen molar-refractivity contribution in [1.82, 2.24) is 5.32 Å². The summed E-state index contributed by atoms with van der Waals surface area (Å²) in [7, 11) is -2.36. The minimum atomic E-state index is -4.00. The summed E-state index contributed by atoms with van der Waals surface area (Å²) in [4.78, 5) is 13.2. The van der Waals surface area contributed by atoms with Gasteiger partial charge in [0.2, 0.25) is 5.91 Å². The van der Waals surface area contributed by atoms with Gasteiger partial charge in [-0.3, -0.25) is 9.10 Å². The van der Waals surface area contributed by atoms with Crippen LogP contribution < -0.4 is 14.4 Å². The minimum Gasteiger partial charge on any atom is -0.496 e. The molecule has 1 atom stereocenters. The quantitative estimate of drug-likeness (QED) is 0.388. The number of sulfonamides is 1. The van der Waals surface area contributed by atoms with Gasteiger partial charge in [-0.15, -0.1) is 0 Å². The molecule has 0 aliphatic rings. The number of ether oxygens (including phenoxy) is 1. The molecular weight excluding hydrogens is 484 g/mol. The first-order chi connectivity index (χ1) is 16.5. The molecule has 3 aromatic rings. The molecule has 6 nitrogen and oxygen atoms in total. The number of rotatable bonds is 9. The standard InChI is InChI=1S/C27H31ClN2O4S/c1-18(2)24-16-25(19(3)14-26(24)34-5)20(4)29-27(31)17-30(22-11-9-10-21(28)15-22)35(32,33)23-12-7-6-8-13-23/h6-16,18,20H,17H2,1-5H3,(H,29,31)/t20-/m0/s1. The summed E-state index contributed by atoms with van der Waals surface area (Å²) < 4.78 is 33.5. The van der Waals surface area contributed by atoms with Crippen molar-refractivity contribution >= 4 is 33.2 Å². The predicted octanol–water partition coefficient (Wildman–Crippen LogP) is 5.85. The molecule has 3 aromatic carbocycles. The Balaban J connectivity index is 1.91. The van der Waals surface area contributed by atoms with Crippen molar-refractivity contribution in [2.24, 2.45) is 0 Å². The van der Waals surface area contributed by atoms with Gasteiger partial charge in [0.05, 0.1) is 23.7 Å². The van der Waals surface area contributed by atoms with E-state index in [0.717, 1.165) is 26.7 Å². The van der Waals surface area contributed by atoms with Crippen molar-refractivity contribution < 1.29 is 17.9 Å². The lowest BCUT2D eigenvalue weighted by molar-refractivity contribution is -0.120. The molecule has 0 spiro atoms. The fraction of sp³-hybridized carbons (Fsp3) is 0.296. The molecule has 0 aromatic heterocycles. The van der Waals surface area contributed by atoms with Crippen molar-refractivity contribution in [3.8, 4) is 5.75 Å². The Morgan fingerprint density at radius 1 is 1.00 bits per heavy atom. The van der Waals surface area contributed by atoms with Crippen molar-refractivity contribution in [1.29, 1.82) is 0 Å². The third-order valence-corrected chi connectivity index (χ3v) is 7.82. The number of halogens is 1. The van der Waals surface area contributed by atoms with Gasteiger partial charge in [-0.1, -0.05) is 49.7 Å². The molecule has 0 radical (unpaired) electrons. The first-order valence-electron chi connectivity index (χ1n) is 11.4. The number of nitrogens with zero attached hydrogens (tertiary/aromatic N) is 1. The van der Waals surface area contributed by atoms with E-state index in [-0.39, 0.29) is 16.9 Å². The molecule has 0 heterocycles. The zero-order valence-corrected chi connectivity index (χ0v) is 22.2. The highest BCUT2D eigenvalue weighted by Gasteiger charge is 2.28. The van der Waals surface area contributed by atoms with E-state index in [1.165, 1.54) is 18.2 Å². The van der Waals surface area contributed by atoms with Gasteiger partial charge in [-0.25, -0.2) is 8.42 Å². The lowest BCUT2D eigenvalue weighted by Crippen LogP contribution is -2.41. The number of nitrogens with one attached hydrogen (secondary N) is 1. The summed E-state index contributed by atoms with van der Waals surface area (Å²) in [5, 5.41) is 3.33. The number of carbonyl (C=O) groups excluding carboxylic acids is 1. The number of hydrogen-bond acceptors (Lipinski definition) is 4. The highest BCUT2D eigenvalue weighted by Crippen LogP contribution is 2.32. The van der Waals surface area contributed by atoms with E-state index in [1.54, 1.807) is 43.5 Å². The Kier molecular flexibility index (Phi) is 8.46. The van der Waals surface area contributed by atoms with Crippen LogP contribution in [0.15, 0.2) is 71.6 Å². The number of anilines is 1. The molecule has 0 aliphatic heterocycles. The number of amides is 1. The molecule has 35 heavy (non-hydrogen) atoms. The normalized spacial score (nSPS) is 12.3. The highest BCUT2D eigenvalue weighted by atomic mass is 35.5. The van der Waals surface area contributed by atoms with Crippen molar-refractivity contribution in [3.63, 3.8) is 0 Å². The van der Waals surface area contributed by atoms with Crippen LogP contribution >= 0.6 is 11.6 Å². The molecule has 0 unspecified atom stereocenters. The summed E-state index contributed by atoms with van der Waals surface area (Å²) in [5.41, 5.74) is 3.28. The first-order valence-corrected chi connectivity index (χ1v) is 13.2. The monoisotopic (exact) mass is 514 g/mol. The Morgan fingerprint density at radius 3 is 2.29 bits per heavy atom. The van der Waals surface area contributed by atoms with Gasteiger partial charge in [0.25, 0.3) is 10.0 Å². The van der Waals surface area contributed by atoms with E-state index in [1.807, 2.05) is 26.0 Å². The zero-order valence-electron chi connectivity index (χ0n) is 20.6. The van der Waals surface area contributed by atoms with Crippen molar-refractivity contribution in [3.05, 3.63) is 88.4 Å². The molecule has 8 heteroatoms. The summed E-state index contributed by atoms with van der Waals surface area (Å²) in [5.74, 6) is 0.612. The smallest absolute Gasteiger partial charge is 0.264 e. The van der Waals surface area contributed by atoms with Gasteiger partial charge in [-0.2, -0.15) is 0 Å². The summed E-state index contributed by atoms with van der Waals surface area (Å²) in [6.07, 6.45) is 0. The number of hydrogen-bond donors (Lipinski definition) is 1. The van der Waals surface area contributed by atoms with Gasteiger partial charge in [0, 0.05) is 5.02 Å². The Bertz CT molecular complexity index is 1290. The minimum absolute atomic E-state index is 0.0911. The first kappa shape index (κ1) is 26.6. The van der Waals surface area contributed by atoms with Crippen molar-refractivity contribution in [2.75, 3.05) is 18.0 Å². The second-order valence-corrected chi connectivity index (χ2v) is 11.0.